The Labute approximate surface area is 114 Å². The van der Waals surface area contributed by atoms with E-state index < -0.39 is 0 Å². The van der Waals surface area contributed by atoms with E-state index in [9.17, 15) is 14.7 Å². The normalized spacial score (nSPS) is 42.2. The van der Waals surface area contributed by atoms with Crippen molar-refractivity contribution in [3.63, 3.8) is 0 Å². The smallest absolute Gasteiger partial charge is 0.233 e. The van der Waals surface area contributed by atoms with E-state index in [-0.39, 0.29) is 42.2 Å². The maximum Gasteiger partial charge on any atom is 0.233 e. The average molecular weight is 265 g/mol. The Kier molecular flexibility index (Phi) is 3.37. The molecule has 1 saturated heterocycles. The van der Waals surface area contributed by atoms with E-state index in [1.165, 1.54) is 4.90 Å². The van der Waals surface area contributed by atoms with Gasteiger partial charge in [-0.05, 0) is 31.6 Å². The van der Waals surface area contributed by atoms with E-state index in [1.54, 1.807) is 0 Å². The standard InChI is InChI=1S/C15H23NO3/c1-2-9-6-11-12(7-9)15(19)16(14(11)18)13-5-3-4-10(13)8-17/h9-13,17H,2-8H2,1H3. The molecule has 3 rings (SSSR count). The summed E-state index contributed by atoms with van der Waals surface area (Å²) in [5.74, 6) is 0.637. The number of likely N-dealkylation sites (tertiary alicyclic amines) is 1. The minimum absolute atomic E-state index is 0.0318. The average Bonchev–Trinajstić information content (AvgIpc) is 3.08. The molecule has 1 N–H and O–H groups in total. The third-order valence-corrected chi connectivity index (χ3v) is 5.53. The highest BCUT2D eigenvalue weighted by Gasteiger charge is 2.55. The van der Waals surface area contributed by atoms with Crippen LogP contribution in [0.1, 0.15) is 45.4 Å². The first-order valence-corrected chi connectivity index (χ1v) is 7.65. The molecule has 0 spiro atoms. The predicted octanol–water partition coefficient (Wildman–Crippen LogP) is 1.57. The van der Waals surface area contributed by atoms with Gasteiger partial charge in [-0.25, -0.2) is 0 Å². The molecule has 4 nitrogen and oxygen atoms in total. The van der Waals surface area contributed by atoms with E-state index in [0.717, 1.165) is 38.5 Å². The van der Waals surface area contributed by atoms with Crippen molar-refractivity contribution in [2.45, 2.75) is 51.5 Å². The molecule has 106 valence electrons. The topological polar surface area (TPSA) is 57.6 Å². The van der Waals surface area contributed by atoms with Crippen molar-refractivity contribution in [1.29, 1.82) is 0 Å². The van der Waals surface area contributed by atoms with Crippen LogP contribution < -0.4 is 0 Å². The fourth-order valence-corrected chi connectivity index (χ4v) is 4.39. The highest BCUT2D eigenvalue weighted by molar-refractivity contribution is 6.05. The molecule has 3 aliphatic rings. The number of carbonyl (C=O) groups is 2. The fourth-order valence-electron chi connectivity index (χ4n) is 4.39. The number of aliphatic hydroxyl groups is 1. The first-order chi connectivity index (χ1) is 9.17. The van der Waals surface area contributed by atoms with Crippen molar-refractivity contribution >= 4 is 11.8 Å². The van der Waals surface area contributed by atoms with Crippen LogP contribution in [0.25, 0.3) is 0 Å². The van der Waals surface area contributed by atoms with Crippen molar-refractivity contribution in [1.82, 2.24) is 4.90 Å². The van der Waals surface area contributed by atoms with Crippen molar-refractivity contribution in [2.24, 2.45) is 23.7 Å². The Hall–Kier alpha value is -0.900. The summed E-state index contributed by atoms with van der Waals surface area (Å²) in [7, 11) is 0. The van der Waals surface area contributed by atoms with E-state index >= 15 is 0 Å². The van der Waals surface area contributed by atoms with Crippen LogP contribution >= 0.6 is 0 Å². The second-order valence-electron chi connectivity index (χ2n) is 6.45. The first kappa shape index (κ1) is 13.1. The third kappa shape index (κ3) is 1.92. The number of aliphatic hydroxyl groups excluding tert-OH is 1. The van der Waals surface area contributed by atoms with Gasteiger partial charge in [0.1, 0.15) is 0 Å². The molecule has 4 atom stereocenters. The zero-order chi connectivity index (χ0) is 13.6. The predicted molar refractivity (Wildman–Crippen MR) is 70.1 cm³/mol. The Morgan fingerprint density at radius 2 is 1.79 bits per heavy atom. The largest absolute Gasteiger partial charge is 0.396 e. The summed E-state index contributed by atoms with van der Waals surface area (Å²) >= 11 is 0. The number of carbonyl (C=O) groups excluding carboxylic acids is 2. The van der Waals surface area contributed by atoms with Gasteiger partial charge in [-0.2, -0.15) is 0 Å². The number of imide groups is 1. The monoisotopic (exact) mass is 265 g/mol. The number of amides is 2. The Bertz CT molecular complexity index is 371. The molecule has 0 aromatic rings. The summed E-state index contributed by atoms with van der Waals surface area (Å²) in [6, 6.07) is -0.0318. The number of hydrogen-bond acceptors (Lipinski definition) is 3. The van der Waals surface area contributed by atoms with Gasteiger partial charge in [0.2, 0.25) is 11.8 Å². The maximum atomic E-state index is 12.5. The van der Waals surface area contributed by atoms with Crippen molar-refractivity contribution in [3.8, 4) is 0 Å². The Balaban J connectivity index is 1.79. The van der Waals surface area contributed by atoms with E-state index in [2.05, 4.69) is 6.92 Å². The molecule has 0 aromatic carbocycles. The molecular weight excluding hydrogens is 242 g/mol. The van der Waals surface area contributed by atoms with Crippen molar-refractivity contribution in [2.75, 3.05) is 6.61 Å². The molecule has 0 aromatic heterocycles. The lowest BCUT2D eigenvalue weighted by atomic mass is 10.00. The highest BCUT2D eigenvalue weighted by atomic mass is 16.3. The van der Waals surface area contributed by atoms with Crippen LogP contribution in [0.5, 0.6) is 0 Å². The minimum Gasteiger partial charge on any atom is -0.396 e. The lowest BCUT2D eigenvalue weighted by Crippen LogP contribution is -2.44. The lowest BCUT2D eigenvalue weighted by Gasteiger charge is -2.28. The molecule has 3 fully saturated rings. The molecular formula is C15H23NO3. The quantitative estimate of drug-likeness (QED) is 0.788. The van der Waals surface area contributed by atoms with Crippen LogP contribution in [0.4, 0.5) is 0 Å². The maximum absolute atomic E-state index is 12.5. The summed E-state index contributed by atoms with van der Waals surface area (Å²) < 4.78 is 0. The summed E-state index contributed by atoms with van der Waals surface area (Å²) in [4.78, 5) is 26.6. The summed E-state index contributed by atoms with van der Waals surface area (Å²) in [5, 5.41) is 9.40. The van der Waals surface area contributed by atoms with Crippen LogP contribution in [0.3, 0.4) is 0 Å². The molecule has 2 aliphatic carbocycles. The fraction of sp³-hybridized carbons (Fsp3) is 0.867. The zero-order valence-electron chi connectivity index (χ0n) is 11.5. The molecule has 0 bridgehead atoms. The number of fused-ring (bicyclic) bond motifs is 1. The van der Waals surface area contributed by atoms with Gasteiger partial charge in [-0.3, -0.25) is 14.5 Å². The van der Waals surface area contributed by atoms with Crippen molar-refractivity contribution in [3.05, 3.63) is 0 Å². The van der Waals surface area contributed by atoms with Gasteiger partial charge in [0, 0.05) is 18.6 Å². The summed E-state index contributed by atoms with van der Waals surface area (Å²) in [6.07, 6.45) is 5.66. The first-order valence-electron chi connectivity index (χ1n) is 7.65. The van der Waals surface area contributed by atoms with Gasteiger partial charge in [-0.1, -0.05) is 19.8 Å². The highest BCUT2D eigenvalue weighted by Crippen LogP contribution is 2.46. The van der Waals surface area contributed by atoms with Gasteiger partial charge >= 0.3 is 0 Å². The van der Waals surface area contributed by atoms with E-state index in [4.69, 9.17) is 0 Å². The SMILES string of the molecule is CCC1CC2C(=O)N(C3CCCC3CO)C(=O)C2C1. The number of nitrogens with zero attached hydrogens (tertiary/aromatic N) is 1. The second-order valence-corrected chi connectivity index (χ2v) is 6.45. The van der Waals surface area contributed by atoms with Gasteiger partial charge in [0.25, 0.3) is 0 Å². The van der Waals surface area contributed by atoms with E-state index in [1.807, 2.05) is 0 Å². The van der Waals surface area contributed by atoms with Gasteiger partial charge in [-0.15, -0.1) is 0 Å². The summed E-state index contributed by atoms with van der Waals surface area (Å²) in [6.45, 7) is 2.23. The number of rotatable bonds is 3. The van der Waals surface area contributed by atoms with Gasteiger partial charge in [0.05, 0.1) is 11.8 Å². The molecule has 1 heterocycles. The van der Waals surface area contributed by atoms with E-state index in [0.29, 0.717) is 5.92 Å². The van der Waals surface area contributed by atoms with Crippen LogP contribution in [0.15, 0.2) is 0 Å². The molecule has 2 saturated carbocycles. The summed E-state index contributed by atoms with van der Waals surface area (Å²) in [5.41, 5.74) is 0. The molecule has 0 radical (unpaired) electrons. The minimum atomic E-state index is -0.0580. The third-order valence-electron chi connectivity index (χ3n) is 5.53. The van der Waals surface area contributed by atoms with Crippen molar-refractivity contribution < 1.29 is 14.7 Å². The molecule has 2 amide bonds. The van der Waals surface area contributed by atoms with Crippen LogP contribution in [0.2, 0.25) is 0 Å². The molecule has 4 unspecified atom stereocenters. The van der Waals surface area contributed by atoms with Crippen LogP contribution in [-0.4, -0.2) is 34.5 Å². The Morgan fingerprint density at radius 3 is 2.32 bits per heavy atom. The zero-order valence-corrected chi connectivity index (χ0v) is 11.5. The van der Waals surface area contributed by atoms with Crippen LogP contribution in [0, 0.1) is 23.7 Å². The molecule has 4 heteroatoms. The molecule has 1 aliphatic heterocycles. The Morgan fingerprint density at radius 1 is 1.16 bits per heavy atom. The lowest BCUT2D eigenvalue weighted by molar-refractivity contribution is -0.144. The van der Waals surface area contributed by atoms with Crippen LogP contribution in [-0.2, 0) is 9.59 Å². The molecule has 19 heavy (non-hydrogen) atoms. The number of hydrogen-bond donors (Lipinski definition) is 1. The van der Waals surface area contributed by atoms with Gasteiger partial charge < -0.3 is 5.11 Å². The van der Waals surface area contributed by atoms with Gasteiger partial charge in [0.15, 0.2) is 0 Å². The second kappa shape index (κ2) is 4.89.